The smallest absolute Gasteiger partial charge is 0.195 e. The fourth-order valence-corrected chi connectivity index (χ4v) is 2.40. The van der Waals surface area contributed by atoms with Gasteiger partial charge in [0.2, 0.25) is 0 Å². The fourth-order valence-electron chi connectivity index (χ4n) is 1.62. The van der Waals surface area contributed by atoms with Gasteiger partial charge in [-0.3, -0.25) is 9.78 Å². The summed E-state index contributed by atoms with van der Waals surface area (Å²) in [7, 11) is 0. The first-order valence-corrected chi connectivity index (χ1v) is 7.28. The van der Waals surface area contributed by atoms with Crippen molar-refractivity contribution in [2.45, 2.75) is 6.92 Å². The van der Waals surface area contributed by atoms with Crippen molar-refractivity contribution in [1.82, 2.24) is 4.98 Å². The Hall–Kier alpha value is -1.20. The van der Waals surface area contributed by atoms with Gasteiger partial charge < -0.3 is 4.74 Å². The maximum Gasteiger partial charge on any atom is 0.195 e. The van der Waals surface area contributed by atoms with Crippen molar-refractivity contribution in [3.05, 3.63) is 56.7 Å². The molecule has 0 bridgehead atoms. The molecule has 0 saturated heterocycles. The summed E-state index contributed by atoms with van der Waals surface area (Å²) in [5.41, 5.74) is 1.09. The minimum absolute atomic E-state index is 0.0952. The molecule has 2 rings (SSSR count). The summed E-state index contributed by atoms with van der Waals surface area (Å²) in [5, 5.41) is 0. The third kappa shape index (κ3) is 3.42. The Morgan fingerprint density at radius 1 is 1.26 bits per heavy atom. The summed E-state index contributed by atoms with van der Waals surface area (Å²) in [6.45, 7) is 2.43. The number of carbonyl (C=O) groups is 1. The zero-order chi connectivity index (χ0) is 13.8. The number of halogens is 2. The van der Waals surface area contributed by atoms with Crippen molar-refractivity contribution >= 4 is 37.6 Å². The molecule has 0 aliphatic heterocycles. The quantitative estimate of drug-likeness (QED) is 0.740. The molecule has 0 fully saturated rings. The van der Waals surface area contributed by atoms with Crippen LogP contribution >= 0.6 is 31.9 Å². The lowest BCUT2D eigenvalue weighted by atomic mass is 10.1. The summed E-state index contributed by atoms with van der Waals surface area (Å²) in [6.07, 6.45) is 3.13. The third-order valence-electron chi connectivity index (χ3n) is 2.46. The Kier molecular flexibility index (Phi) is 4.71. The minimum Gasteiger partial charge on any atom is -0.492 e. The van der Waals surface area contributed by atoms with Gasteiger partial charge in [-0.1, -0.05) is 31.9 Å². The average Bonchev–Trinajstić information content (AvgIpc) is 2.41. The minimum atomic E-state index is -0.0952. The summed E-state index contributed by atoms with van der Waals surface area (Å²) >= 11 is 6.75. The second-order valence-electron chi connectivity index (χ2n) is 3.80. The van der Waals surface area contributed by atoms with Gasteiger partial charge in [0.1, 0.15) is 5.75 Å². The number of carbonyl (C=O) groups excluding carboxylic acids is 1. The van der Waals surface area contributed by atoms with E-state index in [2.05, 4.69) is 36.8 Å². The number of rotatable bonds is 4. The van der Waals surface area contributed by atoms with Gasteiger partial charge in [0.05, 0.1) is 12.8 Å². The lowest BCUT2D eigenvalue weighted by Gasteiger charge is -2.07. The van der Waals surface area contributed by atoms with Crippen LogP contribution in [0.15, 0.2) is 45.6 Å². The first-order valence-electron chi connectivity index (χ1n) is 5.69. The van der Waals surface area contributed by atoms with Crippen LogP contribution < -0.4 is 4.74 Å². The third-order valence-corrected chi connectivity index (χ3v) is 3.64. The van der Waals surface area contributed by atoms with Gasteiger partial charge in [0, 0.05) is 26.3 Å². The summed E-state index contributed by atoms with van der Waals surface area (Å²) in [5.74, 6) is 0.502. The molecule has 0 atom stereocenters. The molecule has 0 radical (unpaired) electrons. The van der Waals surface area contributed by atoms with Gasteiger partial charge >= 0.3 is 0 Å². The van der Waals surface area contributed by atoms with E-state index in [0.29, 0.717) is 23.5 Å². The van der Waals surface area contributed by atoms with Crippen LogP contribution in [0, 0.1) is 0 Å². The van der Waals surface area contributed by atoms with E-state index in [-0.39, 0.29) is 5.78 Å². The van der Waals surface area contributed by atoms with Crippen LogP contribution in [0.2, 0.25) is 0 Å². The van der Waals surface area contributed by atoms with Gasteiger partial charge in [-0.05, 0) is 31.2 Å². The molecular weight excluding hydrogens is 374 g/mol. The van der Waals surface area contributed by atoms with E-state index in [4.69, 9.17) is 4.74 Å². The lowest BCUT2D eigenvalue weighted by molar-refractivity contribution is 0.103. The molecule has 0 unspecified atom stereocenters. The summed E-state index contributed by atoms with van der Waals surface area (Å²) in [4.78, 5) is 16.5. The Morgan fingerprint density at radius 2 is 2.05 bits per heavy atom. The van der Waals surface area contributed by atoms with E-state index < -0.39 is 0 Å². The SMILES string of the molecule is CCOc1cncc(C(=O)c2cc(Br)ccc2Br)c1. The summed E-state index contributed by atoms with van der Waals surface area (Å²) in [6, 6.07) is 7.18. The molecule has 19 heavy (non-hydrogen) atoms. The van der Waals surface area contributed by atoms with E-state index in [1.165, 1.54) is 6.20 Å². The highest BCUT2D eigenvalue weighted by atomic mass is 79.9. The zero-order valence-electron chi connectivity index (χ0n) is 10.2. The molecule has 0 aliphatic rings. The maximum atomic E-state index is 12.4. The van der Waals surface area contributed by atoms with Crippen molar-refractivity contribution in [2.75, 3.05) is 6.61 Å². The molecule has 0 N–H and O–H groups in total. The number of hydrogen-bond acceptors (Lipinski definition) is 3. The van der Waals surface area contributed by atoms with E-state index in [1.807, 2.05) is 19.1 Å². The van der Waals surface area contributed by atoms with Gasteiger partial charge in [0.25, 0.3) is 0 Å². The van der Waals surface area contributed by atoms with Gasteiger partial charge in [-0.25, -0.2) is 0 Å². The number of ether oxygens (including phenoxy) is 1. The highest BCUT2D eigenvalue weighted by Crippen LogP contribution is 2.24. The van der Waals surface area contributed by atoms with Crippen molar-refractivity contribution in [3.63, 3.8) is 0 Å². The Morgan fingerprint density at radius 3 is 2.79 bits per heavy atom. The second kappa shape index (κ2) is 6.30. The van der Waals surface area contributed by atoms with E-state index in [0.717, 1.165) is 8.95 Å². The summed E-state index contributed by atoms with van der Waals surface area (Å²) < 4.78 is 6.96. The molecule has 0 saturated carbocycles. The molecule has 1 aromatic heterocycles. The molecule has 3 nitrogen and oxygen atoms in total. The molecule has 0 aliphatic carbocycles. The van der Waals surface area contributed by atoms with Crippen LogP contribution in [0.1, 0.15) is 22.8 Å². The Labute approximate surface area is 128 Å². The van der Waals surface area contributed by atoms with Crippen molar-refractivity contribution in [3.8, 4) is 5.75 Å². The van der Waals surface area contributed by atoms with Crippen LogP contribution in [-0.2, 0) is 0 Å². The first-order chi connectivity index (χ1) is 9.11. The first kappa shape index (κ1) is 14.2. The predicted octanol–water partition coefficient (Wildman–Crippen LogP) is 4.24. The number of hydrogen-bond donors (Lipinski definition) is 0. The van der Waals surface area contributed by atoms with Crippen LogP contribution in [0.4, 0.5) is 0 Å². The molecule has 2 aromatic rings. The Bertz CT molecular complexity index is 614. The Balaban J connectivity index is 2.38. The van der Waals surface area contributed by atoms with Gasteiger partial charge in [0.15, 0.2) is 5.78 Å². The molecule has 5 heteroatoms. The largest absolute Gasteiger partial charge is 0.492 e. The maximum absolute atomic E-state index is 12.4. The monoisotopic (exact) mass is 383 g/mol. The molecular formula is C14H11Br2NO2. The molecule has 1 heterocycles. The highest BCUT2D eigenvalue weighted by molar-refractivity contribution is 9.11. The van der Waals surface area contributed by atoms with Crippen LogP contribution in [-0.4, -0.2) is 17.4 Å². The van der Waals surface area contributed by atoms with Crippen LogP contribution in [0.25, 0.3) is 0 Å². The molecule has 0 spiro atoms. The van der Waals surface area contributed by atoms with Gasteiger partial charge in [-0.2, -0.15) is 0 Å². The number of nitrogens with zero attached hydrogens (tertiary/aromatic N) is 1. The standard InChI is InChI=1S/C14H11Br2NO2/c1-2-19-11-5-9(7-17-8-11)14(18)12-6-10(15)3-4-13(12)16/h3-8H,2H2,1H3. The van der Waals surface area contributed by atoms with E-state index in [1.54, 1.807) is 18.3 Å². The number of aromatic nitrogens is 1. The zero-order valence-corrected chi connectivity index (χ0v) is 13.4. The number of benzene rings is 1. The predicted molar refractivity (Wildman–Crippen MR) is 80.7 cm³/mol. The highest BCUT2D eigenvalue weighted by Gasteiger charge is 2.14. The van der Waals surface area contributed by atoms with Crippen LogP contribution in [0.5, 0.6) is 5.75 Å². The van der Waals surface area contributed by atoms with Gasteiger partial charge in [-0.15, -0.1) is 0 Å². The molecule has 98 valence electrons. The second-order valence-corrected chi connectivity index (χ2v) is 5.57. The topological polar surface area (TPSA) is 39.2 Å². The fraction of sp³-hybridized carbons (Fsp3) is 0.143. The van der Waals surface area contributed by atoms with Crippen molar-refractivity contribution in [1.29, 1.82) is 0 Å². The van der Waals surface area contributed by atoms with Crippen LogP contribution in [0.3, 0.4) is 0 Å². The average molecular weight is 385 g/mol. The molecule has 1 aromatic carbocycles. The number of pyridine rings is 1. The van der Waals surface area contributed by atoms with E-state index >= 15 is 0 Å². The van der Waals surface area contributed by atoms with Crippen molar-refractivity contribution in [2.24, 2.45) is 0 Å². The molecule has 0 amide bonds. The normalized spacial score (nSPS) is 10.3. The van der Waals surface area contributed by atoms with Crippen molar-refractivity contribution < 1.29 is 9.53 Å². The number of ketones is 1. The van der Waals surface area contributed by atoms with E-state index in [9.17, 15) is 4.79 Å². The lowest BCUT2D eigenvalue weighted by Crippen LogP contribution is -2.04.